The van der Waals surface area contributed by atoms with Gasteiger partial charge in [0, 0.05) is 49.1 Å². The minimum absolute atomic E-state index is 0.0296. The molecule has 0 spiro atoms. The zero-order valence-electron chi connectivity index (χ0n) is 30.1. The summed E-state index contributed by atoms with van der Waals surface area (Å²) in [6.45, 7) is 7.48. The molecule has 2 fully saturated rings. The van der Waals surface area contributed by atoms with Gasteiger partial charge in [-0.1, -0.05) is 42.3 Å². The zero-order chi connectivity index (χ0) is 36.7. The number of carboxylic acid groups (broad SMARTS) is 1. The second-order valence-electron chi connectivity index (χ2n) is 14.1. The Kier molecular flexibility index (Phi) is 11.6. The van der Waals surface area contributed by atoms with Gasteiger partial charge in [0.15, 0.2) is 11.5 Å². The Morgan fingerprint density at radius 2 is 1.81 bits per heavy atom. The van der Waals surface area contributed by atoms with E-state index in [0.717, 1.165) is 70.7 Å². The number of carbonyl (C=O) groups is 1. The van der Waals surface area contributed by atoms with Crippen LogP contribution in [0.2, 0.25) is 5.02 Å². The molecule has 276 valence electrons. The Morgan fingerprint density at radius 3 is 2.64 bits per heavy atom. The third-order valence-corrected chi connectivity index (χ3v) is 10.8. The molecule has 11 heteroatoms. The number of ether oxygens (including phenoxy) is 4. The molecule has 10 nitrogen and oxygen atoms in total. The third-order valence-electron chi connectivity index (χ3n) is 10.5. The molecule has 3 aliphatic heterocycles. The van der Waals surface area contributed by atoms with Crippen LogP contribution in [0.25, 0.3) is 11.1 Å². The average Bonchev–Trinajstić information content (AvgIpc) is 3.71. The number of hydrogen-bond donors (Lipinski definition) is 1. The van der Waals surface area contributed by atoms with E-state index >= 15 is 0 Å². The van der Waals surface area contributed by atoms with Crippen LogP contribution in [0.5, 0.6) is 23.0 Å². The predicted molar refractivity (Wildman–Crippen MR) is 202 cm³/mol. The van der Waals surface area contributed by atoms with Gasteiger partial charge in [-0.05, 0) is 98.8 Å². The highest BCUT2D eigenvalue weighted by atomic mass is 35.5. The number of pyridine rings is 1. The van der Waals surface area contributed by atoms with Gasteiger partial charge < -0.3 is 29.0 Å². The number of carboxylic acids is 1. The lowest BCUT2D eigenvalue weighted by Gasteiger charge is -2.33. The lowest BCUT2D eigenvalue weighted by molar-refractivity contribution is -0.144. The molecule has 2 atom stereocenters. The Bertz CT molecular complexity index is 1980. The summed E-state index contributed by atoms with van der Waals surface area (Å²) in [6.07, 6.45) is 9.08. The number of aromatic nitrogens is 1. The molecule has 0 amide bonds. The number of rotatable bonds is 13. The first-order valence-electron chi connectivity index (χ1n) is 18.5. The number of halogens is 1. The fourth-order valence-electron chi connectivity index (χ4n) is 7.48. The number of piperidine rings is 1. The van der Waals surface area contributed by atoms with Crippen LogP contribution < -0.4 is 18.9 Å². The Hall–Kier alpha value is -4.82. The number of nitrogens with zero attached hydrogens (tertiary/aromatic N) is 4. The minimum Gasteiger partial charge on any atom is -0.488 e. The quantitative estimate of drug-likeness (QED) is 0.146. The summed E-state index contributed by atoms with van der Waals surface area (Å²) in [5, 5.41) is 19.7. The number of fused-ring (bicyclic) bond motifs is 1. The molecule has 0 bridgehead atoms. The van der Waals surface area contributed by atoms with E-state index in [9.17, 15) is 15.2 Å². The van der Waals surface area contributed by atoms with Crippen molar-refractivity contribution in [3.63, 3.8) is 0 Å². The van der Waals surface area contributed by atoms with Gasteiger partial charge in [-0.15, -0.1) is 0 Å². The molecule has 0 radical (unpaired) electrons. The van der Waals surface area contributed by atoms with Gasteiger partial charge in [0.1, 0.15) is 49.5 Å². The summed E-state index contributed by atoms with van der Waals surface area (Å²) in [5.41, 5.74) is 6.12. The van der Waals surface area contributed by atoms with Crippen molar-refractivity contribution in [2.45, 2.75) is 77.4 Å². The maximum atomic E-state index is 12.1. The van der Waals surface area contributed by atoms with E-state index in [0.29, 0.717) is 48.2 Å². The SMILES string of the molecule is Cc1c(COc2cc(OCc3cncc(C#N)c3)c(CN3CCCC[C@H]3C(=O)O)cc2Cl)cccc1-c1ccc2c(c1)OC(CCN1CCCC1)CO2. The number of likely N-dealkylation sites (tertiary alicyclic amines) is 2. The molecule has 2 saturated heterocycles. The van der Waals surface area contributed by atoms with E-state index in [-0.39, 0.29) is 19.3 Å². The van der Waals surface area contributed by atoms with Crippen molar-refractivity contribution in [1.82, 2.24) is 14.8 Å². The number of aliphatic carboxylic acids is 1. The maximum absolute atomic E-state index is 12.1. The molecule has 1 N–H and O–H groups in total. The summed E-state index contributed by atoms with van der Waals surface area (Å²) in [7, 11) is 0. The van der Waals surface area contributed by atoms with Crippen LogP contribution in [0, 0.1) is 18.3 Å². The molecule has 1 unspecified atom stereocenters. The number of hydrogen-bond acceptors (Lipinski definition) is 9. The molecule has 1 aromatic heterocycles. The van der Waals surface area contributed by atoms with E-state index in [1.807, 2.05) is 23.1 Å². The lowest BCUT2D eigenvalue weighted by Crippen LogP contribution is -2.44. The Morgan fingerprint density at radius 1 is 0.981 bits per heavy atom. The fraction of sp³-hybridized carbons (Fsp3) is 0.405. The highest BCUT2D eigenvalue weighted by molar-refractivity contribution is 6.32. The zero-order valence-corrected chi connectivity index (χ0v) is 30.8. The monoisotopic (exact) mass is 736 g/mol. The van der Waals surface area contributed by atoms with Crippen molar-refractivity contribution in [2.24, 2.45) is 0 Å². The second kappa shape index (κ2) is 16.9. The summed E-state index contributed by atoms with van der Waals surface area (Å²) in [5.74, 6) is 1.69. The van der Waals surface area contributed by atoms with Crippen LogP contribution in [0.4, 0.5) is 0 Å². The first-order valence-corrected chi connectivity index (χ1v) is 18.9. The number of benzene rings is 3. The summed E-state index contributed by atoms with van der Waals surface area (Å²) < 4.78 is 25.2. The molecule has 4 aromatic rings. The van der Waals surface area contributed by atoms with Crippen molar-refractivity contribution in [2.75, 3.05) is 32.8 Å². The lowest BCUT2D eigenvalue weighted by atomic mass is 9.96. The average molecular weight is 737 g/mol. The normalized spacial score (nSPS) is 18.7. The van der Waals surface area contributed by atoms with Crippen molar-refractivity contribution in [3.05, 3.63) is 99.8 Å². The van der Waals surface area contributed by atoms with Crippen LogP contribution in [-0.4, -0.2) is 70.8 Å². The van der Waals surface area contributed by atoms with Crippen LogP contribution >= 0.6 is 11.6 Å². The molecule has 53 heavy (non-hydrogen) atoms. The van der Waals surface area contributed by atoms with Gasteiger partial charge >= 0.3 is 5.97 Å². The van der Waals surface area contributed by atoms with E-state index in [2.05, 4.69) is 41.1 Å². The fourth-order valence-corrected chi connectivity index (χ4v) is 7.72. The Labute approximate surface area is 315 Å². The smallest absolute Gasteiger partial charge is 0.320 e. The highest BCUT2D eigenvalue weighted by Crippen LogP contribution is 2.39. The van der Waals surface area contributed by atoms with Gasteiger partial charge in [0.2, 0.25) is 0 Å². The summed E-state index contributed by atoms with van der Waals surface area (Å²) in [4.78, 5) is 20.7. The topological polar surface area (TPSA) is 117 Å². The Balaban J connectivity index is 1.08. The predicted octanol–water partition coefficient (Wildman–Crippen LogP) is 7.80. The summed E-state index contributed by atoms with van der Waals surface area (Å²) >= 11 is 6.86. The molecule has 3 aromatic carbocycles. The molecular weight excluding hydrogens is 692 g/mol. The van der Waals surface area contributed by atoms with Gasteiger partial charge in [-0.25, -0.2) is 0 Å². The van der Waals surface area contributed by atoms with Gasteiger partial charge in [0.25, 0.3) is 0 Å². The second-order valence-corrected chi connectivity index (χ2v) is 14.5. The molecular formula is C42H45ClN4O6. The third kappa shape index (κ3) is 8.87. The molecule has 0 saturated carbocycles. The number of nitriles is 1. The van der Waals surface area contributed by atoms with E-state index in [1.54, 1.807) is 24.4 Å². The summed E-state index contributed by atoms with van der Waals surface area (Å²) in [6, 6.07) is 19.1. The first-order chi connectivity index (χ1) is 25.8. The van der Waals surface area contributed by atoms with E-state index in [1.165, 1.54) is 32.1 Å². The van der Waals surface area contributed by atoms with Gasteiger partial charge in [0.05, 0.1) is 10.6 Å². The molecule has 0 aliphatic carbocycles. The van der Waals surface area contributed by atoms with E-state index in [4.69, 9.17) is 30.5 Å². The van der Waals surface area contributed by atoms with Crippen molar-refractivity contribution in [3.8, 4) is 40.2 Å². The maximum Gasteiger partial charge on any atom is 0.320 e. The molecule has 7 rings (SSSR count). The highest BCUT2D eigenvalue weighted by Gasteiger charge is 2.30. The van der Waals surface area contributed by atoms with Crippen LogP contribution in [0.1, 0.15) is 66.3 Å². The minimum atomic E-state index is -0.830. The van der Waals surface area contributed by atoms with Crippen LogP contribution in [0.15, 0.2) is 67.0 Å². The van der Waals surface area contributed by atoms with Gasteiger partial charge in [-0.3, -0.25) is 14.7 Å². The van der Waals surface area contributed by atoms with Crippen LogP contribution in [-0.2, 0) is 24.6 Å². The molecule has 4 heterocycles. The van der Waals surface area contributed by atoms with Crippen molar-refractivity contribution in [1.29, 1.82) is 5.26 Å². The van der Waals surface area contributed by atoms with Gasteiger partial charge in [-0.2, -0.15) is 5.26 Å². The molecule has 3 aliphatic rings. The van der Waals surface area contributed by atoms with E-state index < -0.39 is 12.0 Å². The van der Waals surface area contributed by atoms with Crippen LogP contribution in [0.3, 0.4) is 0 Å². The standard InChI is InChI=1S/C42H45ClN4O6/c1-28-32(7-6-8-35(28)31-10-11-38-41(19-31)53-34(27-52-38)12-16-46-13-4-5-14-46)26-51-40-20-39(50-25-30-17-29(21-44)22-45-23-30)33(18-36(40)43)24-47-15-3-2-9-37(47)42(48)49/h6-8,10-11,17-20,22-23,34,37H,2-5,9,12-16,24-27H2,1H3,(H,48,49)/t34?,37-/m0/s1. The van der Waals surface area contributed by atoms with Crippen molar-refractivity contribution >= 4 is 17.6 Å². The van der Waals surface area contributed by atoms with Crippen molar-refractivity contribution < 1.29 is 28.8 Å². The first kappa shape index (κ1) is 36.5. The largest absolute Gasteiger partial charge is 0.488 e.